The van der Waals surface area contributed by atoms with E-state index in [2.05, 4.69) is 6.92 Å². The van der Waals surface area contributed by atoms with Gasteiger partial charge in [-0.1, -0.05) is 26.2 Å². The predicted octanol–water partition coefficient (Wildman–Crippen LogP) is 2.16. The van der Waals surface area contributed by atoms with Gasteiger partial charge in [-0.05, 0) is 17.9 Å². The molecule has 2 nitrogen and oxygen atoms in total. The Morgan fingerprint density at radius 2 is 1.83 bits per heavy atom. The van der Waals surface area contributed by atoms with Crippen molar-refractivity contribution in [1.82, 2.24) is 0 Å². The van der Waals surface area contributed by atoms with Crippen molar-refractivity contribution in [2.24, 2.45) is 0 Å². The van der Waals surface area contributed by atoms with E-state index in [-0.39, 0.29) is 17.4 Å². The first-order chi connectivity index (χ1) is 5.31. The van der Waals surface area contributed by atoms with Gasteiger partial charge in [0, 0.05) is 0 Å². The molecule has 0 N–H and O–H groups in total. The highest BCUT2D eigenvalue weighted by molar-refractivity contribution is 7.39. The van der Waals surface area contributed by atoms with Gasteiger partial charge in [0.15, 0.2) is 23.5 Å². The normalized spacial score (nSPS) is 10.7. The van der Waals surface area contributed by atoms with Crippen LogP contribution in [0.15, 0.2) is 0 Å². The zero-order chi connectivity index (χ0) is 8.53. The van der Waals surface area contributed by atoms with E-state index in [0.717, 1.165) is 6.42 Å². The summed E-state index contributed by atoms with van der Waals surface area (Å²) in [6.07, 6.45) is 5.38. The van der Waals surface area contributed by atoms with Crippen LogP contribution in [-0.2, 0) is 9.09 Å². The van der Waals surface area contributed by atoms with E-state index in [4.69, 9.17) is 4.52 Å². The molecule has 0 radical (unpaired) electrons. The standard InChI is InChI=1S/C8H18O2P.Al.3H/c1-3-5-6-7-8-10-11(9)4-2;;;;/h3-8H2,1-2H3;;;;/q+1;;;;. The molecule has 0 saturated heterocycles. The molecule has 72 valence electrons. The summed E-state index contributed by atoms with van der Waals surface area (Å²) < 4.78 is 15.8. The summed E-state index contributed by atoms with van der Waals surface area (Å²) in [6.45, 7) is 4.72. The third-order valence-electron chi connectivity index (χ3n) is 1.49. The Labute approximate surface area is 87.1 Å². The smallest absolute Gasteiger partial charge is 0.146 e. The van der Waals surface area contributed by atoms with E-state index in [1.807, 2.05) is 6.92 Å². The van der Waals surface area contributed by atoms with Crippen molar-refractivity contribution in [2.45, 2.75) is 39.5 Å². The van der Waals surface area contributed by atoms with Crippen LogP contribution in [0, 0.1) is 0 Å². The number of rotatable bonds is 7. The lowest BCUT2D eigenvalue weighted by Crippen LogP contribution is -1.87. The zero-order valence-corrected chi connectivity index (χ0v) is 8.40. The van der Waals surface area contributed by atoms with Gasteiger partial charge in [-0.15, -0.1) is 4.52 Å². The van der Waals surface area contributed by atoms with Gasteiger partial charge in [-0.25, -0.2) is 0 Å². The molecule has 0 aliphatic rings. The van der Waals surface area contributed by atoms with Crippen LogP contribution in [0.25, 0.3) is 0 Å². The molecule has 0 aliphatic heterocycles. The van der Waals surface area contributed by atoms with Gasteiger partial charge in [-0.3, -0.25) is 0 Å². The van der Waals surface area contributed by atoms with Crippen molar-refractivity contribution in [3.05, 3.63) is 0 Å². The van der Waals surface area contributed by atoms with E-state index < -0.39 is 8.03 Å². The molecule has 0 amide bonds. The molecular weight excluding hydrogens is 186 g/mol. The molecule has 1 atom stereocenters. The molecule has 0 heterocycles. The molecule has 0 aromatic rings. The second kappa shape index (κ2) is 11.6. The van der Waals surface area contributed by atoms with E-state index in [1.54, 1.807) is 0 Å². The largest absolute Gasteiger partial charge is 0.507 e. The number of unbranched alkanes of at least 4 members (excludes halogenated alkanes) is 3. The van der Waals surface area contributed by atoms with Gasteiger partial charge >= 0.3 is 8.03 Å². The summed E-state index contributed by atoms with van der Waals surface area (Å²) in [5, 5.41) is 0. The lowest BCUT2D eigenvalue weighted by Gasteiger charge is -1.92. The van der Waals surface area contributed by atoms with Crippen LogP contribution in [0.2, 0.25) is 0 Å². The van der Waals surface area contributed by atoms with Crippen molar-refractivity contribution in [3.8, 4) is 0 Å². The van der Waals surface area contributed by atoms with Crippen LogP contribution < -0.4 is 0 Å². The summed E-state index contributed by atoms with van der Waals surface area (Å²) in [5.41, 5.74) is 0. The Balaban J connectivity index is 0. The molecule has 0 bridgehead atoms. The van der Waals surface area contributed by atoms with Crippen molar-refractivity contribution in [3.63, 3.8) is 0 Å². The van der Waals surface area contributed by atoms with Crippen molar-refractivity contribution in [1.29, 1.82) is 0 Å². The minimum Gasteiger partial charge on any atom is -0.146 e. The predicted molar refractivity (Wildman–Crippen MR) is 58.2 cm³/mol. The van der Waals surface area contributed by atoms with Crippen LogP contribution in [0.3, 0.4) is 0 Å². The number of hydrogen-bond acceptors (Lipinski definition) is 2. The fourth-order valence-electron chi connectivity index (χ4n) is 0.786. The molecule has 0 fully saturated rings. The van der Waals surface area contributed by atoms with Crippen molar-refractivity contribution >= 4 is 25.4 Å². The minimum atomic E-state index is -1.35. The molecule has 0 aliphatic carbocycles. The Kier molecular flexibility index (Phi) is 14.6. The highest BCUT2D eigenvalue weighted by atomic mass is 31.1. The van der Waals surface area contributed by atoms with Gasteiger partial charge < -0.3 is 0 Å². The fourth-order valence-corrected chi connectivity index (χ4v) is 1.30. The third kappa shape index (κ3) is 10.6. The first-order valence-electron chi connectivity index (χ1n) is 4.38. The Hall–Kier alpha value is 0.592. The highest BCUT2D eigenvalue weighted by Gasteiger charge is 2.11. The first kappa shape index (κ1) is 15.1. The van der Waals surface area contributed by atoms with Crippen molar-refractivity contribution in [2.75, 3.05) is 12.8 Å². The molecule has 12 heavy (non-hydrogen) atoms. The average molecular weight is 207 g/mol. The maximum atomic E-state index is 10.8. The lowest BCUT2D eigenvalue weighted by atomic mass is 10.2. The van der Waals surface area contributed by atoms with Gasteiger partial charge in [0.2, 0.25) is 0 Å². The van der Waals surface area contributed by atoms with Gasteiger partial charge in [0.25, 0.3) is 0 Å². The fraction of sp³-hybridized carbons (Fsp3) is 1.00. The van der Waals surface area contributed by atoms with Crippen LogP contribution in [0.4, 0.5) is 0 Å². The Morgan fingerprint density at radius 1 is 1.17 bits per heavy atom. The second-order valence-electron chi connectivity index (χ2n) is 2.54. The van der Waals surface area contributed by atoms with Gasteiger partial charge in [0.1, 0.15) is 6.61 Å². The molecule has 1 unspecified atom stereocenters. The van der Waals surface area contributed by atoms with Crippen LogP contribution in [0.5, 0.6) is 0 Å². The monoisotopic (exact) mass is 207 g/mol. The molecule has 0 saturated carbocycles. The van der Waals surface area contributed by atoms with Gasteiger partial charge in [-0.2, -0.15) is 0 Å². The summed E-state index contributed by atoms with van der Waals surface area (Å²) in [5.74, 6) is 0. The quantitative estimate of drug-likeness (QED) is 0.363. The third-order valence-corrected chi connectivity index (χ3v) is 2.48. The SMILES string of the molecule is CCCCCCO[P+](=O)CC.[AlH3]. The Morgan fingerprint density at radius 3 is 2.33 bits per heavy atom. The van der Waals surface area contributed by atoms with Crippen LogP contribution in [-0.4, -0.2) is 30.1 Å². The summed E-state index contributed by atoms with van der Waals surface area (Å²) in [6, 6.07) is 0. The van der Waals surface area contributed by atoms with E-state index in [0.29, 0.717) is 12.8 Å². The first-order valence-corrected chi connectivity index (χ1v) is 5.75. The summed E-state index contributed by atoms with van der Waals surface area (Å²) >= 11 is 0. The zero-order valence-electron chi connectivity index (χ0n) is 7.51. The average Bonchev–Trinajstić information content (AvgIpc) is 2.04. The molecular formula is C8H21AlO2P+. The maximum absolute atomic E-state index is 10.8. The topological polar surface area (TPSA) is 26.3 Å². The maximum Gasteiger partial charge on any atom is 0.507 e. The van der Waals surface area contributed by atoms with Gasteiger partial charge in [0.05, 0.1) is 0 Å². The molecule has 0 rings (SSSR count). The molecule has 0 aromatic carbocycles. The second-order valence-corrected chi connectivity index (χ2v) is 4.10. The van der Waals surface area contributed by atoms with Crippen molar-refractivity contribution < 1.29 is 9.09 Å². The molecule has 0 spiro atoms. The molecule has 0 aromatic heterocycles. The van der Waals surface area contributed by atoms with Crippen LogP contribution in [0.1, 0.15) is 39.5 Å². The number of hydrogen-bond donors (Lipinski definition) is 0. The lowest BCUT2D eigenvalue weighted by molar-refractivity contribution is 0.317. The highest BCUT2D eigenvalue weighted by Crippen LogP contribution is 2.20. The summed E-state index contributed by atoms with van der Waals surface area (Å²) in [4.78, 5) is 0. The molecule has 4 heteroatoms. The van der Waals surface area contributed by atoms with E-state index in [9.17, 15) is 4.57 Å². The summed E-state index contributed by atoms with van der Waals surface area (Å²) in [7, 11) is -1.35. The van der Waals surface area contributed by atoms with Crippen LogP contribution >= 0.6 is 8.03 Å². The Bertz CT molecular complexity index is 109. The van der Waals surface area contributed by atoms with E-state index in [1.165, 1.54) is 19.3 Å². The van der Waals surface area contributed by atoms with E-state index >= 15 is 0 Å². The minimum absolute atomic E-state index is 0.